The van der Waals surface area contributed by atoms with Crippen molar-refractivity contribution in [3.63, 3.8) is 0 Å². The van der Waals surface area contributed by atoms with Crippen LogP contribution in [0, 0.1) is 6.92 Å². The van der Waals surface area contributed by atoms with E-state index in [1.54, 1.807) is 0 Å². The van der Waals surface area contributed by atoms with Crippen LogP contribution in [0.1, 0.15) is 28.5 Å². The Morgan fingerprint density at radius 3 is 2.55 bits per heavy atom. The normalized spacial score (nSPS) is 10.6. The molecule has 0 unspecified atom stereocenters. The molecule has 0 atom stereocenters. The predicted molar refractivity (Wildman–Crippen MR) is 90.3 cm³/mol. The average molecular weight is 290 g/mol. The summed E-state index contributed by atoms with van der Waals surface area (Å²) in [6.07, 6.45) is 0.971. The summed E-state index contributed by atoms with van der Waals surface area (Å²) in [7, 11) is 0. The molecule has 3 aromatic rings. The summed E-state index contributed by atoms with van der Waals surface area (Å²) < 4.78 is 0. The van der Waals surface area contributed by atoms with Crippen LogP contribution in [0.25, 0.3) is 10.9 Å². The Balaban J connectivity index is 1.82. The van der Waals surface area contributed by atoms with E-state index in [9.17, 15) is 4.79 Å². The van der Waals surface area contributed by atoms with Crippen LogP contribution in [0.15, 0.2) is 54.6 Å². The lowest BCUT2D eigenvalue weighted by atomic mass is 10.1. The van der Waals surface area contributed by atoms with Crippen molar-refractivity contribution in [2.24, 2.45) is 0 Å². The van der Waals surface area contributed by atoms with E-state index in [2.05, 4.69) is 17.2 Å². The highest BCUT2D eigenvalue weighted by Crippen LogP contribution is 2.19. The van der Waals surface area contributed by atoms with Crippen molar-refractivity contribution >= 4 is 22.5 Å². The van der Waals surface area contributed by atoms with Crippen LogP contribution >= 0.6 is 0 Å². The van der Waals surface area contributed by atoms with Crippen molar-refractivity contribution in [3.05, 3.63) is 71.4 Å². The van der Waals surface area contributed by atoms with Crippen LogP contribution in [0.2, 0.25) is 0 Å². The lowest BCUT2D eigenvalue weighted by Gasteiger charge is -2.07. The van der Waals surface area contributed by atoms with E-state index >= 15 is 0 Å². The first-order valence-electron chi connectivity index (χ1n) is 7.43. The van der Waals surface area contributed by atoms with Gasteiger partial charge < -0.3 is 5.32 Å². The van der Waals surface area contributed by atoms with Crippen molar-refractivity contribution in [3.8, 4) is 0 Å². The Bertz CT molecular complexity index is 822. The first-order chi connectivity index (χ1) is 10.7. The van der Waals surface area contributed by atoms with Crippen LogP contribution in [0.3, 0.4) is 0 Å². The van der Waals surface area contributed by atoms with Crippen LogP contribution in [0.5, 0.6) is 0 Å². The van der Waals surface area contributed by atoms with Gasteiger partial charge in [-0.2, -0.15) is 0 Å². The standard InChI is InChI=1S/C19H18N2O/c1-3-14-5-8-15(9-6-14)19(22)21-17-10-11-18-16(12-17)7-4-13(2)20-18/h4-12H,3H2,1-2H3,(H,21,22). The summed E-state index contributed by atoms with van der Waals surface area (Å²) in [5, 5.41) is 3.95. The first kappa shape index (κ1) is 14.3. The van der Waals surface area contributed by atoms with Crippen molar-refractivity contribution in [1.82, 2.24) is 4.98 Å². The Kier molecular flexibility index (Phi) is 3.88. The SMILES string of the molecule is CCc1ccc(C(=O)Nc2ccc3nc(C)ccc3c2)cc1. The molecule has 110 valence electrons. The molecule has 2 aromatic carbocycles. The molecule has 1 heterocycles. The number of amides is 1. The highest BCUT2D eigenvalue weighted by Gasteiger charge is 2.06. The van der Waals surface area contributed by atoms with Gasteiger partial charge in [-0.3, -0.25) is 9.78 Å². The zero-order valence-corrected chi connectivity index (χ0v) is 12.8. The van der Waals surface area contributed by atoms with E-state index in [0.717, 1.165) is 28.7 Å². The van der Waals surface area contributed by atoms with E-state index in [0.29, 0.717) is 5.56 Å². The van der Waals surface area contributed by atoms with E-state index < -0.39 is 0 Å². The molecule has 0 aliphatic heterocycles. The molecule has 3 nitrogen and oxygen atoms in total. The maximum atomic E-state index is 12.3. The number of rotatable bonds is 3. The van der Waals surface area contributed by atoms with Gasteiger partial charge >= 0.3 is 0 Å². The lowest BCUT2D eigenvalue weighted by Crippen LogP contribution is -2.11. The zero-order chi connectivity index (χ0) is 15.5. The number of hydrogen-bond donors (Lipinski definition) is 1. The van der Waals surface area contributed by atoms with Gasteiger partial charge in [0.05, 0.1) is 5.52 Å². The van der Waals surface area contributed by atoms with Crippen LogP contribution in [-0.4, -0.2) is 10.9 Å². The number of aryl methyl sites for hydroxylation is 2. The lowest BCUT2D eigenvalue weighted by molar-refractivity contribution is 0.102. The van der Waals surface area contributed by atoms with Crippen molar-refractivity contribution in [2.75, 3.05) is 5.32 Å². The molecule has 0 saturated heterocycles. The summed E-state index contributed by atoms with van der Waals surface area (Å²) in [5.41, 5.74) is 4.59. The number of fused-ring (bicyclic) bond motifs is 1. The highest BCUT2D eigenvalue weighted by molar-refractivity contribution is 6.05. The molecule has 3 rings (SSSR count). The molecule has 0 aliphatic rings. The second kappa shape index (κ2) is 5.98. The van der Waals surface area contributed by atoms with Crippen LogP contribution < -0.4 is 5.32 Å². The van der Waals surface area contributed by atoms with Crippen molar-refractivity contribution < 1.29 is 4.79 Å². The third-order valence-corrected chi connectivity index (χ3v) is 3.71. The number of anilines is 1. The van der Waals surface area contributed by atoms with Gasteiger partial charge in [0, 0.05) is 22.3 Å². The molecular weight excluding hydrogens is 272 g/mol. The first-order valence-corrected chi connectivity index (χ1v) is 7.43. The van der Waals surface area contributed by atoms with E-state index in [1.807, 2.05) is 61.5 Å². The molecule has 0 radical (unpaired) electrons. The Hall–Kier alpha value is -2.68. The fourth-order valence-electron chi connectivity index (χ4n) is 2.40. The molecule has 22 heavy (non-hydrogen) atoms. The molecule has 3 heteroatoms. The van der Waals surface area contributed by atoms with E-state index in [1.165, 1.54) is 5.56 Å². The van der Waals surface area contributed by atoms with Gasteiger partial charge in [-0.1, -0.05) is 25.1 Å². The van der Waals surface area contributed by atoms with Gasteiger partial charge in [-0.05, 0) is 55.3 Å². The van der Waals surface area contributed by atoms with Crippen LogP contribution in [0.4, 0.5) is 5.69 Å². The maximum absolute atomic E-state index is 12.3. The molecule has 0 saturated carbocycles. The number of nitrogens with one attached hydrogen (secondary N) is 1. The predicted octanol–water partition coefficient (Wildman–Crippen LogP) is 4.36. The molecule has 0 bridgehead atoms. The van der Waals surface area contributed by atoms with E-state index in [-0.39, 0.29) is 5.91 Å². The third-order valence-electron chi connectivity index (χ3n) is 3.71. The monoisotopic (exact) mass is 290 g/mol. The molecular formula is C19H18N2O. The van der Waals surface area contributed by atoms with Crippen molar-refractivity contribution in [2.45, 2.75) is 20.3 Å². The van der Waals surface area contributed by atoms with Gasteiger partial charge in [-0.15, -0.1) is 0 Å². The number of pyridine rings is 1. The summed E-state index contributed by atoms with van der Waals surface area (Å²) in [5.74, 6) is -0.0953. The van der Waals surface area contributed by atoms with E-state index in [4.69, 9.17) is 0 Å². The smallest absolute Gasteiger partial charge is 0.255 e. The number of aromatic nitrogens is 1. The maximum Gasteiger partial charge on any atom is 0.255 e. The second-order valence-electron chi connectivity index (χ2n) is 5.36. The Labute approximate surface area is 130 Å². The largest absolute Gasteiger partial charge is 0.322 e. The molecule has 0 spiro atoms. The van der Waals surface area contributed by atoms with Gasteiger partial charge in [0.15, 0.2) is 0 Å². The molecule has 1 aromatic heterocycles. The average Bonchev–Trinajstić information content (AvgIpc) is 2.55. The molecule has 0 fully saturated rings. The quantitative estimate of drug-likeness (QED) is 0.778. The highest BCUT2D eigenvalue weighted by atomic mass is 16.1. The minimum absolute atomic E-state index is 0.0953. The van der Waals surface area contributed by atoms with Crippen LogP contribution in [-0.2, 0) is 6.42 Å². The van der Waals surface area contributed by atoms with Gasteiger partial charge in [0.2, 0.25) is 0 Å². The molecule has 1 amide bonds. The minimum atomic E-state index is -0.0953. The Morgan fingerprint density at radius 1 is 1.05 bits per heavy atom. The number of nitrogens with zero attached hydrogens (tertiary/aromatic N) is 1. The zero-order valence-electron chi connectivity index (χ0n) is 12.8. The molecule has 0 aliphatic carbocycles. The summed E-state index contributed by atoms with van der Waals surface area (Å²) >= 11 is 0. The Morgan fingerprint density at radius 2 is 1.82 bits per heavy atom. The topological polar surface area (TPSA) is 42.0 Å². The van der Waals surface area contributed by atoms with Gasteiger partial charge in [0.1, 0.15) is 0 Å². The van der Waals surface area contributed by atoms with Gasteiger partial charge in [0.25, 0.3) is 5.91 Å². The number of carbonyl (C=O) groups is 1. The fraction of sp³-hybridized carbons (Fsp3) is 0.158. The fourth-order valence-corrected chi connectivity index (χ4v) is 2.40. The summed E-state index contributed by atoms with van der Waals surface area (Å²) in [6, 6.07) is 17.4. The minimum Gasteiger partial charge on any atom is -0.322 e. The third kappa shape index (κ3) is 2.98. The molecule has 1 N–H and O–H groups in total. The number of carbonyl (C=O) groups excluding carboxylic acids is 1. The second-order valence-corrected chi connectivity index (χ2v) is 5.36. The number of hydrogen-bond acceptors (Lipinski definition) is 2. The summed E-state index contributed by atoms with van der Waals surface area (Å²) in [6.45, 7) is 4.06. The number of benzene rings is 2. The van der Waals surface area contributed by atoms with Gasteiger partial charge in [-0.25, -0.2) is 0 Å². The summed E-state index contributed by atoms with van der Waals surface area (Å²) in [4.78, 5) is 16.7. The van der Waals surface area contributed by atoms with Crippen molar-refractivity contribution in [1.29, 1.82) is 0 Å².